The topological polar surface area (TPSA) is 78.3 Å². The molecule has 4 aromatic rings. The van der Waals surface area contributed by atoms with Crippen LogP contribution in [0, 0.1) is 6.92 Å². The predicted octanol–water partition coefficient (Wildman–Crippen LogP) is 5.15. The lowest BCUT2D eigenvalue weighted by Crippen LogP contribution is -2.30. The fraction of sp³-hybridized carbons (Fsp3) is 0.179. The molecule has 7 nitrogen and oxygen atoms in total. The van der Waals surface area contributed by atoms with Gasteiger partial charge in [-0.05, 0) is 42.7 Å². The Morgan fingerprint density at radius 1 is 1.00 bits per heavy atom. The third-order valence-corrected chi connectivity index (χ3v) is 5.88. The predicted molar refractivity (Wildman–Crippen MR) is 134 cm³/mol. The first-order chi connectivity index (χ1) is 17.1. The number of carbonyl (C=O) groups is 1. The Bertz CT molecular complexity index is 1340. The highest BCUT2D eigenvalue weighted by Gasteiger charge is 2.36. The maximum atomic E-state index is 13.2. The van der Waals surface area contributed by atoms with E-state index in [1.54, 1.807) is 11.6 Å². The molecule has 0 bridgehead atoms. The highest BCUT2D eigenvalue weighted by molar-refractivity contribution is 6.02. The molecule has 7 heteroatoms. The summed E-state index contributed by atoms with van der Waals surface area (Å²) in [5.74, 6) is 0.901. The molecule has 0 amide bonds. The Hall–Kier alpha value is -4.39. The number of carbonyl (C=O) groups excluding carboxylic acids is 1. The van der Waals surface area contributed by atoms with Crippen LogP contribution in [0.2, 0.25) is 0 Å². The average molecular weight is 467 g/mol. The van der Waals surface area contributed by atoms with Crippen molar-refractivity contribution < 1.29 is 14.3 Å². The second kappa shape index (κ2) is 9.85. The fourth-order valence-electron chi connectivity index (χ4n) is 4.13. The van der Waals surface area contributed by atoms with Crippen molar-refractivity contribution in [2.24, 2.45) is 0 Å². The van der Waals surface area contributed by atoms with Crippen LogP contribution >= 0.6 is 0 Å². The van der Waals surface area contributed by atoms with Crippen LogP contribution in [0.1, 0.15) is 35.2 Å². The highest BCUT2D eigenvalue weighted by Crippen LogP contribution is 2.39. The van der Waals surface area contributed by atoms with Crippen LogP contribution in [0.3, 0.4) is 0 Å². The van der Waals surface area contributed by atoms with Gasteiger partial charge in [0.2, 0.25) is 5.95 Å². The molecule has 0 fully saturated rings. The molecule has 35 heavy (non-hydrogen) atoms. The molecule has 0 saturated carbocycles. The summed E-state index contributed by atoms with van der Waals surface area (Å²) < 4.78 is 13.2. The molecule has 0 spiro atoms. The van der Waals surface area contributed by atoms with Crippen molar-refractivity contribution in [2.45, 2.75) is 26.5 Å². The number of rotatable bonds is 7. The van der Waals surface area contributed by atoms with E-state index in [4.69, 9.17) is 9.47 Å². The molecule has 1 aliphatic heterocycles. The molecule has 2 heterocycles. The molecule has 1 aliphatic rings. The Morgan fingerprint density at radius 3 is 2.46 bits per heavy atom. The molecule has 176 valence electrons. The van der Waals surface area contributed by atoms with E-state index < -0.39 is 12.0 Å². The van der Waals surface area contributed by atoms with Crippen molar-refractivity contribution >= 4 is 17.6 Å². The first kappa shape index (κ1) is 22.4. The second-order valence-corrected chi connectivity index (χ2v) is 8.27. The molecule has 5 rings (SSSR count). The molecular formula is C28H26N4O3. The molecule has 3 aromatic carbocycles. The number of nitrogens with one attached hydrogen (secondary N) is 1. The smallest absolute Gasteiger partial charge is 0.338 e. The van der Waals surface area contributed by atoms with Gasteiger partial charge in [-0.1, -0.05) is 72.3 Å². The third-order valence-electron chi connectivity index (χ3n) is 5.88. The zero-order valence-corrected chi connectivity index (χ0v) is 19.6. The first-order valence-corrected chi connectivity index (χ1v) is 11.6. The number of esters is 1. The number of benzene rings is 3. The fourth-order valence-corrected chi connectivity index (χ4v) is 4.13. The summed E-state index contributed by atoms with van der Waals surface area (Å²) in [5, 5.41) is 7.69. The average Bonchev–Trinajstić information content (AvgIpc) is 3.37. The van der Waals surface area contributed by atoms with E-state index in [0.717, 1.165) is 22.4 Å². The molecule has 1 atom stereocenters. The second-order valence-electron chi connectivity index (χ2n) is 8.27. The summed E-state index contributed by atoms with van der Waals surface area (Å²) in [6, 6.07) is 25.2. The van der Waals surface area contributed by atoms with E-state index in [-0.39, 0.29) is 6.61 Å². The Kier molecular flexibility index (Phi) is 6.30. The Morgan fingerprint density at radius 2 is 1.74 bits per heavy atom. The third kappa shape index (κ3) is 4.66. The van der Waals surface area contributed by atoms with Gasteiger partial charge in [-0.2, -0.15) is 10.1 Å². The van der Waals surface area contributed by atoms with Gasteiger partial charge in [-0.15, -0.1) is 0 Å². The number of aromatic nitrogens is 3. The SMILES string of the molecule is CCOC(=O)C1=C(c2ccccc2)Nc2ncnn2C1c1ccc(OCc2ccc(C)cc2)cc1. The maximum Gasteiger partial charge on any atom is 0.338 e. The van der Waals surface area contributed by atoms with Gasteiger partial charge < -0.3 is 14.8 Å². The van der Waals surface area contributed by atoms with E-state index in [1.165, 1.54) is 11.9 Å². The number of anilines is 1. The lowest BCUT2D eigenvalue weighted by Gasteiger charge is -2.29. The van der Waals surface area contributed by atoms with Gasteiger partial charge in [-0.3, -0.25) is 0 Å². The van der Waals surface area contributed by atoms with Crippen LogP contribution < -0.4 is 10.1 Å². The largest absolute Gasteiger partial charge is 0.489 e. The van der Waals surface area contributed by atoms with Gasteiger partial charge in [0, 0.05) is 0 Å². The minimum atomic E-state index is -0.505. The van der Waals surface area contributed by atoms with E-state index in [9.17, 15) is 4.79 Å². The molecule has 0 aliphatic carbocycles. The van der Waals surface area contributed by atoms with Gasteiger partial charge >= 0.3 is 5.97 Å². The normalized spacial score (nSPS) is 14.7. The van der Waals surface area contributed by atoms with Crippen molar-refractivity contribution in [2.75, 3.05) is 11.9 Å². The molecule has 1 unspecified atom stereocenters. The molecule has 0 radical (unpaired) electrons. The standard InChI is InChI=1S/C28H26N4O3/c1-3-34-27(33)24-25(21-7-5-4-6-8-21)31-28-29-18-30-32(28)26(24)22-13-15-23(16-14-22)35-17-20-11-9-19(2)10-12-20/h4-16,18,26H,3,17H2,1-2H3,(H,29,30,31). The van der Waals surface area contributed by atoms with Crippen molar-refractivity contribution in [3.8, 4) is 5.75 Å². The molecule has 0 saturated heterocycles. The number of ether oxygens (including phenoxy) is 2. The first-order valence-electron chi connectivity index (χ1n) is 11.6. The van der Waals surface area contributed by atoms with Crippen LogP contribution in [0.4, 0.5) is 5.95 Å². The minimum absolute atomic E-state index is 0.271. The van der Waals surface area contributed by atoms with Crippen LogP contribution in [-0.2, 0) is 16.1 Å². The van der Waals surface area contributed by atoms with Gasteiger partial charge in [0.25, 0.3) is 0 Å². The lowest BCUT2D eigenvalue weighted by atomic mass is 9.93. The number of hydrogen-bond acceptors (Lipinski definition) is 6. The van der Waals surface area contributed by atoms with E-state index in [0.29, 0.717) is 23.8 Å². The van der Waals surface area contributed by atoms with Gasteiger partial charge in [0.05, 0.1) is 17.9 Å². The Labute approximate surface area is 204 Å². The van der Waals surface area contributed by atoms with Crippen LogP contribution in [-0.4, -0.2) is 27.3 Å². The van der Waals surface area contributed by atoms with Gasteiger partial charge in [0.15, 0.2) is 0 Å². The minimum Gasteiger partial charge on any atom is -0.489 e. The van der Waals surface area contributed by atoms with Crippen LogP contribution in [0.25, 0.3) is 5.70 Å². The number of nitrogens with zero attached hydrogens (tertiary/aromatic N) is 3. The summed E-state index contributed by atoms with van der Waals surface area (Å²) in [6.07, 6.45) is 1.48. The maximum absolute atomic E-state index is 13.2. The summed E-state index contributed by atoms with van der Waals surface area (Å²) in [6.45, 7) is 4.61. The zero-order valence-electron chi connectivity index (χ0n) is 19.6. The molecule has 1 aromatic heterocycles. The van der Waals surface area contributed by atoms with Crippen molar-refractivity contribution in [1.29, 1.82) is 0 Å². The molecular weight excluding hydrogens is 440 g/mol. The summed E-state index contributed by atoms with van der Waals surface area (Å²) in [4.78, 5) is 17.6. The monoisotopic (exact) mass is 466 g/mol. The van der Waals surface area contributed by atoms with Crippen molar-refractivity contribution in [3.05, 3.63) is 113 Å². The van der Waals surface area contributed by atoms with Crippen molar-refractivity contribution in [3.63, 3.8) is 0 Å². The van der Waals surface area contributed by atoms with Crippen LogP contribution in [0.5, 0.6) is 5.75 Å². The Balaban J connectivity index is 1.50. The van der Waals surface area contributed by atoms with E-state index in [1.807, 2.05) is 54.6 Å². The number of hydrogen-bond donors (Lipinski definition) is 1. The summed E-state index contributed by atoms with van der Waals surface area (Å²) >= 11 is 0. The summed E-state index contributed by atoms with van der Waals surface area (Å²) in [7, 11) is 0. The molecule has 1 N–H and O–H groups in total. The lowest BCUT2D eigenvalue weighted by molar-refractivity contribution is -0.138. The van der Waals surface area contributed by atoms with Gasteiger partial charge in [-0.25, -0.2) is 9.48 Å². The van der Waals surface area contributed by atoms with Gasteiger partial charge in [0.1, 0.15) is 24.7 Å². The van der Waals surface area contributed by atoms with E-state index in [2.05, 4.69) is 46.6 Å². The van der Waals surface area contributed by atoms with E-state index >= 15 is 0 Å². The number of aryl methyl sites for hydroxylation is 1. The highest BCUT2D eigenvalue weighted by atomic mass is 16.5. The zero-order chi connectivity index (χ0) is 24.2. The van der Waals surface area contributed by atoms with Crippen LogP contribution in [0.15, 0.2) is 90.8 Å². The number of fused-ring (bicyclic) bond motifs is 1. The van der Waals surface area contributed by atoms with Crippen molar-refractivity contribution in [1.82, 2.24) is 14.8 Å². The summed E-state index contributed by atoms with van der Waals surface area (Å²) in [5.41, 5.74) is 5.20. The quantitative estimate of drug-likeness (QED) is 0.379.